The quantitative estimate of drug-likeness (QED) is 0.392. The molecule has 126 valence electrons. The van der Waals surface area contributed by atoms with E-state index in [-0.39, 0.29) is 5.78 Å². The van der Waals surface area contributed by atoms with Crippen molar-refractivity contribution in [1.29, 1.82) is 0 Å². The molecule has 0 atom stereocenters. The number of hydrogen-bond donors (Lipinski definition) is 0. The van der Waals surface area contributed by atoms with E-state index in [1.54, 1.807) is 17.5 Å². The first-order chi connectivity index (χ1) is 12.1. The van der Waals surface area contributed by atoms with Gasteiger partial charge in [0, 0.05) is 34.7 Å². The van der Waals surface area contributed by atoms with Crippen molar-refractivity contribution >= 4 is 34.4 Å². The van der Waals surface area contributed by atoms with Crippen LogP contribution in [0.2, 0.25) is 0 Å². The number of aromatic nitrogens is 4. The van der Waals surface area contributed by atoms with E-state index in [0.717, 1.165) is 32.8 Å². The molecule has 4 aromatic rings. The first kappa shape index (κ1) is 16.1. The van der Waals surface area contributed by atoms with Crippen LogP contribution in [0.5, 0.6) is 0 Å². The van der Waals surface area contributed by atoms with Gasteiger partial charge in [0.15, 0.2) is 16.1 Å². The molecule has 0 spiro atoms. The van der Waals surface area contributed by atoms with Gasteiger partial charge in [0.1, 0.15) is 0 Å². The molecule has 0 fully saturated rings. The summed E-state index contributed by atoms with van der Waals surface area (Å²) in [7, 11) is 0. The molecule has 0 aliphatic rings. The van der Waals surface area contributed by atoms with Crippen molar-refractivity contribution in [3.63, 3.8) is 0 Å². The van der Waals surface area contributed by atoms with Crippen molar-refractivity contribution in [3.05, 3.63) is 65.2 Å². The fourth-order valence-corrected chi connectivity index (χ4v) is 4.50. The molecule has 4 heterocycles. The molecule has 4 aromatic heterocycles. The molecule has 0 radical (unpaired) electrons. The SMILES string of the molecule is Cc1cc(C(=O)CSc2ncc3ccccn23)c(C)n1-c1nccs1. The van der Waals surface area contributed by atoms with Crippen LogP contribution in [0.4, 0.5) is 0 Å². The Labute approximate surface area is 153 Å². The maximum Gasteiger partial charge on any atom is 0.193 e. The van der Waals surface area contributed by atoms with E-state index in [4.69, 9.17) is 0 Å². The number of fused-ring (bicyclic) bond motifs is 1. The minimum absolute atomic E-state index is 0.105. The zero-order chi connectivity index (χ0) is 17.4. The van der Waals surface area contributed by atoms with Crippen LogP contribution in [-0.4, -0.2) is 30.5 Å². The number of nitrogens with zero attached hydrogens (tertiary/aromatic N) is 4. The molecule has 0 aliphatic carbocycles. The van der Waals surface area contributed by atoms with Crippen molar-refractivity contribution in [2.75, 3.05) is 5.75 Å². The Morgan fingerprint density at radius 3 is 2.96 bits per heavy atom. The van der Waals surface area contributed by atoms with E-state index in [0.29, 0.717) is 5.75 Å². The molecule has 5 nitrogen and oxygen atoms in total. The van der Waals surface area contributed by atoms with E-state index in [9.17, 15) is 4.79 Å². The second-order valence-electron chi connectivity index (χ2n) is 5.68. The summed E-state index contributed by atoms with van der Waals surface area (Å²) in [5, 5.41) is 3.66. The fourth-order valence-electron chi connectivity index (χ4n) is 2.90. The van der Waals surface area contributed by atoms with Gasteiger partial charge in [-0.25, -0.2) is 9.97 Å². The second kappa shape index (κ2) is 6.50. The molecule has 0 unspecified atom stereocenters. The summed E-state index contributed by atoms with van der Waals surface area (Å²) in [6.45, 7) is 3.97. The van der Waals surface area contributed by atoms with Gasteiger partial charge in [0.25, 0.3) is 0 Å². The Bertz CT molecular complexity index is 1050. The van der Waals surface area contributed by atoms with Gasteiger partial charge >= 0.3 is 0 Å². The normalized spacial score (nSPS) is 11.3. The minimum Gasteiger partial charge on any atom is -0.295 e. The molecule has 0 aliphatic heterocycles. The van der Waals surface area contributed by atoms with Gasteiger partial charge in [-0.1, -0.05) is 17.8 Å². The van der Waals surface area contributed by atoms with Crippen LogP contribution in [0.25, 0.3) is 10.6 Å². The molecule has 0 saturated heterocycles. The number of Topliss-reactive ketones (excluding diaryl/α,β-unsaturated/α-hetero) is 1. The number of rotatable bonds is 5. The average molecular weight is 368 g/mol. The summed E-state index contributed by atoms with van der Waals surface area (Å²) in [6.07, 6.45) is 5.56. The lowest BCUT2D eigenvalue weighted by Gasteiger charge is -2.05. The van der Waals surface area contributed by atoms with E-state index in [1.807, 2.05) is 64.9 Å². The second-order valence-corrected chi connectivity index (χ2v) is 7.50. The van der Waals surface area contributed by atoms with E-state index in [2.05, 4.69) is 9.97 Å². The Balaban J connectivity index is 1.57. The Morgan fingerprint density at radius 2 is 2.16 bits per heavy atom. The van der Waals surface area contributed by atoms with Gasteiger partial charge in [0.2, 0.25) is 0 Å². The number of pyridine rings is 1. The van der Waals surface area contributed by atoms with Crippen LogP contribution in [0, 0.1) is 13.8 Å². The fraction of sp³-hybridized carbons (Fsp3) is 0.167. The number of aryl methyl sites for hydroxylation is 1. The highest BCUT2D eigenvalue weighted by molar-refractivity contribution is 7.99. The van der Waals surface area contributed by atoms with Gasteiger partial charge in [0.05, 0.1) is 17.5 Å². The number of carbonyl (C=O) groups is 1. The molecule has 0 N–H and O–H groups in total. The smallest absolute Gasteiger partial charge is 0.193 e. The largest absolute Gasteiger partial charge is 0.295 e. The third-order valence-corrected chi connectivity index (χ3v) is 5.80. The zero-order valence-electron chi connectivity index (χ0n) is 13.8. The molecular formula is C18H16N4OS2. The molecule has 0 bridgehead atoms. The highest BCUT2D eigenvalue weighted by Gasteiger charge is 2.18. The Morgan fingerprint density at radius 1 is 1.28 bits per heavy atom. The number of hydrogen-bond acceptors (Lipinski definition) is 5. The van der Waals surface area contributed by atoms with Crippen molar-refractivity contribution in [1.82, 2.24) is 18.9 Å². The third-order valence-electron chi connectivity index (χ3n) is 4.08. The van der Waals surface area contributed by atoms with E-state index < -0.39 is 0 Å². The maximum absolute atomic E-state index is 12.7. The van der Waals surface area contributed by atoms with Crippen LogP contribution < -0.4 is 0 Å². The molecule has 4 rings (SSSR count). The van der Waals surface area contributed by atoms with E-state index >= 15 is 0 Å². The maximum atomic E-state index is 12.7. The van der Waals surface area contributed by atoms with Crippen LogP contribution in [0.15, 0.2) is 53.4 Å². The minimum atomic E-state index is 0.105. The number of thiazole rings is 1. The first-order valence-electron chi connectivity index (χ1n) is 7.82. The first-order valence-corrected chi connectivity index (χ1v) is 9.68. The number of thioether (sulfide) groups is 1. The van der Waals surface area contributed by atoms with Gasteiger partial charge in [-0.05, 0) is 32.0 Å². The summed E-state index contributed by atoms with van der Waals surface area (Å²) < 4.78 is 4.03. The van der Waals surface area contributed by atoms with Crippen molar-refractivity contribution in [2.45, 2.75) is 19.0 Å². The van der Waals surface area contributed by atoms with Crippen molar-refractivity contribution in [2.24, 2.45) is 0 Å². The standard InChI is InChI=1S/C18H16N4OS2/c1-12-9-15(13(2)22(12)18-19-6-8-24-18)16(23)11-25-17-20-10-14-5-3-4-7-21(14)17/h3-10H,11H2,1-2H3. The number of imidazole rings is 1. The number of carbonyl (C=O) groups excluding carboxylic acids is 1. The molecular weight excluding hydrogens is 352 g/mol. The molecule has 7 heteroatoms. The van der Waals surface area contributed by atoms with Gasteiger partial charge in [-0.3, -0.25) is 13.8 Å². The predicted octanol–water partition coefficient (Wildman–Crippen LogP) is 4.17. The lowest BCUT2D eigenvalue weighted by atomic mass is 10.2. The Hall–Kier alpha value is -2.38. The molecule has 0 aromatic carbocycles. The topological polar surface area (TPSA) is 52.2 Å². The summed E-state index contributed by atoms with van der Waals surface area (Å²) in [6, 6.07) is 7.89. The number of ketones is 1. The van der Waals surface area contributed by atoms with Crippen LogP contribution in [0.1, 0.15) is 21.7 Å². The van der Waals surface area contributed by atoms with Crippen molar-refractivity contribution in [3.8, 4) is 5.13 Å². The monoisotopic (exact) mass is 368 g/mol. The lowest BCUT2D eigenvalue weighted by molar-refractivity contribution is 0.102. The molecule has 0 saturated carbocycles. The van der Waals surface area contributed by atoms with Crippen LogP contribution >= 0.6 is 23.1 Å². The average Bonchev–Trinajstić information content (AvgIpc) is 3.32. The third kappa shape index (κ3) is 2.89. The molecule has 25 heavy (non-hydrogen) atoms. The van der Waals surface area contributed by atoms with Gasteiger partial charge in [-0.2, -0.15) is 0 Å². The van der Waals surface area contributed by atoms with E-state index in [1.165, 1.54) is 11.8 Å². The van der Waals surface area contributed by atoms with Gasteiger partial charge < -0.3 is 0 Å². The lowest BCUT2D eigenvalue weighted by Crippen LogP contribution is -2.06. The Kier molecular flexibility index (Phi) is 4.19. The van der Waals surface area contributed by atoms with Crippen LogP contribution in [-0.2, 0) is 0 Å². The van der Waals surface area contributed by atoms with Gasteiger partial charge in [-0.15, -0.1) is 11.3 Å². The summed E-state index contributed by atoms with van der Waals surface area (Å²) in [5.74, 6) is 0.462. The summed E-state index contributed by atoms with van der Waals surface area (Å²) >= 11 is 3.03. The predicted molar refractivity (Wildman–Crippen MR) is 101 cm³/mol. The zero-order valence-corrected chi connectivity index (χ0v) is 15.5. The van der Waals surface area contributed by atoms with Crippen LogP contribution in [0.3, 0.4) is 0 Å². The summed E-state index contributed by atoms with van der Waals surface area (Å²) in [4.78, 5) is 21.5. The molecule has 0 amide bonds. The van der Waals surface area contributed by atoms with Crippen molar-refractivity contribution < 1.29 is 4.79 Å². The highest BCUT2D eigenvalue weighted by Crippen LogP contribution is 2.25. The highest BCUT2D eigenvalue weighted by atomic mass is 32.2. The summed E-state index contributed by atoms with van der Waals surface area (Å²) in [5.41, 5.74) is 3.73.